The van der Waals surface area contributed by atoms with E-state index < -0.39 is 74.6 Å². The molecule has 12 heteroatoms. The van der Waals surface area contributed by atoms with Crippen molar-refractivity contribution in [1.29, 1.82) is 0 Å². The minimum Gasteiger partial charge on any atom is -0.394 e. The van der Waals surface area contributed by atoms with Crippen LogP contribution >= 0.6 is 0 Å². The van der Waals surface area contributed by atoms with E-state index >= 15 is 0 Å². The fourth-order valence-electron chi connectivity index (χ4n) is 9.00. The Kier molecular flexibility index (Phi) is 19.9. The van der Waals surface area contributed by atoms with Gasteiger partial charge in [-0.2, -0.15) is 0 Å². The van der Waals surface area contributed by atoms with Crippen LogP contribution in [0.1, 0.15) is 94.9 Å². The van der Waals surface area contributed by atoms with Gasteiger partial charge in [0, 0.05) is 0 Å². The molecule has 2 aliphatic carbocycles. The Hall–Kier alpha value is -3.34. The molecule has 12 atom stereocenters. The molecule has 2 aliphatic heterocycles. The molecule has 64 heavy (non-hydrogen) atoms. The van der Waals surface area contributed by atoms with Gasteiger partial charge < -0.3 is 59.8 Å². The summed E-state index contributed by atoms with van der Waals surface area (Å²) < 4.78 is 23.4. The van der Waals surface area contributed by atoms with E-state index in [9.17, 15) is 40.9 Å². The van der Waals surface area contributed by atoms with E-state index in [4.69, 9.17) is 18.9 Å². The standard InChI is InChI=1S/C52H76O12/c1-31(17-13-19-33(3)21-23-39-35(5)25-37(27-51(39,7)8)61-49-47(59)45(57)43(55)41(29-53)63-49)15-11-12-16-32(2)18-14-20-34(4)22-24-40-36(6)26-38(28-52(40,9)10)62-50-48(60)46(58)44(56)42(30-54)64-50/h11-24,37-38,41-50,53-60H,25-30H2,1-10H3/b12-11+,17-13+,18-14+,23-21+,24-22+,31-15+,32-16+,33-19+,34-20+/t37-,38-,41-,42-,43-,44-,45+,46+,47-,48-,49-,50-/m1/s1. The van der Waals surface area contributed by atoms with E-state index in [1.165, 1.54) is 11.1 Å². The SMILES string of the molecule is CC1=C(/C=C/C(C)=C/C=C/C(C)=C/C=C/C=C(C)/C=C/C=C(C)/C=C/C2=C(C)C[C@@H](O[C@@H]3O[C@H](CO)[C@@H](O)[C@H](O)[C@H]3O)CC2(C)C)C(C)(C)C[C@H](O[C@@H]2O[C@H](CO)[C@@H](O)[C@H](O)[C@H]2O)C1. The molecule has 0 aromatic heterocycles. The maximum atomic E-state index is 10.5. The summed E-state index contributed by atoms with van der Waals surface area (Å²) >= 11 is 0. The lowest BCUT2D eigenvalue weighted by atomic mass is 9.71. The first-order chi connectivity index (χ1) is 30.1. The second-order valence-electron chi connectivity index (χ2n) is 19.3. The number of allylic oxidation sites excluding steroid dienone is 20. The molecule has 0 aromatic carbocycles. The van der Waals surface area contributed by atoms with Crippen molar-refractivity contribution in [2.75, 3.05) is 13.2 Å². The fourth-order valence-corrected chi connectivity index (χ4v) is 9.00. The number of ether oxygens (including phenoxy) is 4. The predicted molar refractivity (Wildman–Crippen MR) is 249 cm³/mol. The zero-order chi connectivity index (χ0) is 47.5. The molecule has 8 N–H and O–H groups in total. The molecule has 4 aliphatic rings. The summed E-state index contributed by atoms with van der Waals surface area (Å²) in [5.74, 6) is 0. The van der Waals surface area contributed by atoms with Crippen LogP contribution in [0.5, 0.6) is 0 Å². The van der Waals surface area contributed by atoms with Crippen LogP contribution in [0, 0.1) is 10.8 Å². The summed E-state index contributed by atoms with van der Waals surface area (Å²) in [6, 6.07) is 0. The molecule has 356 valence electrons. The zero-order valence-corrected chi connectivity index (χ0v) is 39.5. The third-order valence-electron chi connectivity index (χ3n) is 12.6. The quantitative estimate of drug-likeness (QED) is 0.0819. The van der Waals surface area contributed by atoms with Gasteiger partial charge in [0.25, 0.3) is 0 Å². The molecule has 2 heterocycles. The van der Waals surface area contributed by atoms with Crippen LogP contribution in [0.4, 0.5) is 0 Å². The van der Waals surface area contributed by atoms with E-state index in [2.05, 4.69) is 130 Å². The Morgan fingerprint density at radius 2 is 0.844 bits per heavy atom. The monoisotopic (exact) mass is 893 g/mol. The minimum absolute atomic E-state index is 0.226. The number of rotatable bonds is 16. The van der Waals surface area contributed by atoms with E-state index in [0.717, 1.165) is 33.4 Å². The van der Waals surface area contributed by atoms with Gasteiger partial charge >= 0.3 is 0 Å². The van der Waals surface area contributed by atoms with Gasteiger partial charge in [-0.25, -0.2) is 0 Å². The van der Waals surface area contributed by atoms with Crippen molar-refractivity contribution in [3.05, 3.63) is 130 Å². The maximum Gasteiger partial charge on any atom is 0.186 e. The average molecular weight is 893 g/mol. The largest absolute Gasteiger partial charge is 0.394 e. The average Bonchev–Trinajstić information content (AvgIpc) is 3.21. The van der Waals surface area contributed by atoms with Gasteiger partial charge in [-0.1, -0.05) is 146 Å². The van der Waals surface area contributed by atoms with Gasteiger partial charge in [0.15, 0.2) is 12.6 Å². The number of aliphatic hydroxyl groups is 8. The highest BCUT2D eigenvalue weighted by Crippen LogP contribution is 2.44. The topological polar surface area (TPSA) is 199 Å². The first kappa shape index (κ1) is 53.3. The molecule has 0 unspecified atom stereocenters. The fraction of sp³-hybridized carbons (Fsp3) is 0.577. The molecule has 4 rings (SSSR count). The van der Waals surface area contributed by atoms with Gasteiger partial charge in [0.05, 0.1) is 25.4 Å². The highest BCUT2D eigenvalue weighted by Gasteiger charge is 2.47. The summed E-state index contributed by atoms with van der Waals surface area (Å²) in [7, 11) is 0. The number of aliphatic hydroxyl groups excluding tert-OH is 8. The van der Waals surface area contributed by atoms with Crippen molar-refractivity contribution in [1.82, 2.24) is 0 Å². The molecule has 12 nitrogen and oxygen atoms in total. The summed E-state index contributed by atoms with van der Waals surface area (Å²) in [6.07, 6.45) is 18.2. The summed E-state index contributed by atoms with van der Waals surface area (Å²) in [4.78, 5) is 0. The Morgan fingerprint density at radius 1 is 0.516 bits per heavy atom. The van der Waals surface area contributed by atoms with Crippen molar-refractivity contribution >= 4 is 0 Å². The molecule has 0 radical (unpaired) electrons. The normalized spacial score (nSPS) is 35.1. The van der Waals surface area contributed by atoms with Gasteiger partial charge in [-0.05, 0) is 89.2 Å². The Labute approximate surface area is 381 Å². The summed E-state index contributed by atoms with van der Waals surface area (Å²) in [5.41, 5.74) is 8.72. The number of hydrogen-bond acceptors (Lipinski definition) is 12. The van der Waals surface area contributed by atoms with Gasteiger partial charge in [-0.3, -0.25) is 0 Å². The van der Waals surface area contributed by atoms with Crippen LogP contribution in [0.15, 0.2) is 130 Å². The van der Waals surface area contributed by atoms with E-state index in [1.54, 1.807) is 0 Å². The lowest BCUT2D eigenvalue weighted by Crippen LogP contribution is -2.59. The van der Waals surface area contributed by atoms with Crippen LogP contribution in [-0.4, -0.2) is 128 Å². The molecule has 2 fully saturated rings. The van der Waals surface area contributed by atoms with Crippen molar-refractivity contribution in [3.63, 3.8) is 0 Å². The molecular weight excluding hydrogens is 817 g/mol. The maximum absolute atomic E-state index is 10.5. The van der Waals surface area contributed by atoms with Crippen LogP contribution in [0.3, 0.4) is 0 Å². The van der Waals surface area contributed by atoms with Crippen LogP contribution in [0.2, 0.25) is 0 Å². The van der Waals surface area contributed by atoms with Crippen molar-refractivity contribution in [2.24, 2.45) is 10.8 Å². The second-order valence-corrected chi connectivity index (χ2v) is 19.3. The third kappa shape index (κ3) is 14.6. The number of hydrogen-bond donors (Lipinski definition) is 8. The molecule has 0 aromatic rings. The van der Waals surface area contributed by atoms with E-state index in [-0.39, 0.29) is 23.0 Å². The van der Waals surface area contributed by atoms with E-state index in [1.807, 2.05) is 24.3 Å². The molecule has 0 saturated carbocycles. The second kappa shape index (κ2) is 23.9. The third-order valence-corrected chi connectivity index (χ3v) is 12.6. The van der Waals surface area contributed by atoms with Crippen molar-refractivity contribution in [3.8, 4) is 0 Å². The highest BCUT2D eigenvalue weighted by atomic mass is 16.7. The van der Waals surface area contributed by atoms with E-state index in [0.29, 0.717) is 25.7 Å². The van der Waals surface area contributed by atoms with Crippen molar-refractivity contribution in [2.45, 2.75) is 169 Å². The lowest BCUT2D eigenvalue weighted by molar-refractivity contribution is -0.313. The smallest absolute Gasteiger partial charge is 0.186 e. The minimum atomic E-state index is -1.47. The first-order valence-electron chi connectivity index (χ1n) is 22.5. The Balaban J connectivity index is 1.25. The Morgan fingerprint density at radius 3 is 1.17 bits per heavy atom. The summed E-state index contributed by atoms with van der Waals surface area (Å²) in [6.45, 7) is 20.0. The van der Waals surface area contributed by atoms with Gasteiger partial charge in [0.2, 0.25) is 0 Å². The van der Waals surface area contributed by atoms with Gasteiger partial charge in [0.1, 0.15) is 48.8 Å². The zero-order valence-electron chi connectivity index (χ0n) is 39.5. The highest BCUT2D eigenvalue weighted by molar-refractivity contribution is 5.39. The van der Waals surface area contributed by atoms with Crippen LogP contribution in [-0.2, 0) is 18.9 Å². The molecule has 0 spiro atoms. The predicted octanol–water partition coefficient (Wildman–Crippen LogP) is 6.20. The Bertz CT molecular complexity index is 1780. The van der Waals surface area contributed by atoms with Crippen LogP contribution < -0.4 is 0 Å². The molecule has 0 amide bonds. The first-order valence-corrected chi connectivity index (χ1v) is 22.5. The molecule has 0 bridgehead atoms. The van der Waals surface area contributed by atoms with Crippen molar-refractivity contribution < 1.29 is 59.8 Å². The van der Waals surface area contributed by atoms with Crippen LogP contribution in [0.25, 0.3) is 0 Å². The molecule has 2 saturated heterocycles. The molecular formula is C52H76O12. The summed E-state index contributed by atoms with van der Waals surface area (Å²) in [5, 5.41) is 80.6. The lowest BCUT2D eigenvalue weighted by Gasteiger charge is -2.43. The van der Waals surface area contributed by atoms with Gasteiger partial charge in [-0.15, -0.1) is 0 Å².